The molecule has 3 rings (SSSR count). The van der Waals surface area contributed by atoms with Crippen molar-refractivity contribution in [1.82, 2.24) is 9.97 Å². The fourth-order valence-electron chi connectivity index (χ4n) is 1.94. The first-order valence-corrected chi connectivity index (χ1v) is 6.35. The highest BCUT2D eigenvalue weighted by Gasteiger charge is 2.26. The van der Waals surface area contributed by atoms with Crippen molar-refractivity contribution in [3.8, 4) is 11.4 Å². The highest BCUT2D eigenvalue weighted by atomic mass is 35.5. The van der Waals surface area contributed by atoms with Crippen LogP contribution in [-0.4, -0.2) is 9.97 Å². The molecular formula is C13H12ClFN4. The maximum absolute atomic E-state index is 13.4. The Hall–Kier alpha value is -1.72. The van der Waals surface area contributed by atoms with Gasteiger partial charge in [-0.1, -0.05) is 11.6 Å². The van der Waals surface area contributed by atoms with E-state index in [1.54, 1.807) is 6.07 Å². The van der Waals surface area contributed by atoms with Crippen LogP contribution in [0, 0.1) is 5.82 Å². The Bertz CT molecular complexity index is 608. The van der Waals surface area contributed by atoms with Gasteiger partial charge in [-0.05, 0) is 31.0 Å². The van der Waals surface area contributed by atoms with E-state index in [0.29, 0.717) is 28.1 Å². The van der Waals surface area contributed by atoms with Crippen molar-refractivity contribution in [3.63, 3.8) is 0 Å². The largest absolute Gasteiger partial charge is 0.308 e. The Morgan fingerprint density at radius 2 is 2.00 bits per heavy atom. The number of nitrogens with two attached hydrogens (primary N) is 1. The summed E-state index contributed by atoms with van der Waals surface area (Å²) in [7, 11) is 0. The number of aromatic nitrogens is 2. The van der Waals surface area contributed by atoms with E-state index < -0.39 is 5.82 Å². The van der Waals surface area contributed by atoms with E-state index in [2.05, 4.69) is 15.4 Å². The third-order valence-electron chi connectivity index (χ3n) is 3.01. The summed E-state index contributed by atoms with van der Waals surface area (Å²) in [5.41, 5.74) is 3.99. The molecule has 1 aromatic heterocycles. The molecule has 0 bridgehead atoms. The van der Waals surface area contributed by atoms with Gasteiger partial charge >= 0.3 is 0 Å². The maximum Gasteiger partial charge on any atom is 0.161 e. The molecule has 1 fully saturated rings. The molecule has 98 valence electrons. The molecule has 0 spiro atoms. The van der Waals surface area contributed by atoms with E-state index >= 15 is 0 Å². The highest BCUT2D eigenvalue weighted by molar-refractivity contribution is 6.30. The minimum Gasteiger partial charge on any atom is -0.308 e. The summed E-state index contributed by atoms with van der Waals surface area (Å²) in [6.45, 7) is 0. The molecule has 0 aliphatic heterocycles. The van der Waals surface area contributed by atoms with Crippen LogP contribution in [-0.2, 0) is 0 Å². The van der Waals surface area contributed by atoms with E-state index in [0.717, 1.165) is 18.5 Å². The van der Waals surface area contributed by atoms with Gasteiger partial charge in [-0.3, -0.25) is 0 Å². The van der Waals surface area contributed by atoms with E-state index in [-0.39, 0.29) is 0 Å². The fourth-order valence-corrected chi connectivity index (χ4v) is 2.16. The van der Waals surface area contributed by atoms with Gasteiger partial charge in [0.15, 0.2) is 5.82 Å². The first-order chi connectivity index (χ1) is 9.15. The van der Waals surface area contributed by atoms with E-state index in [1.807, 2.05) is 6.07 Å². The summed E-state index contributed by atoms with van der Waals surface area (Å²) in [5, 5.41) is 0.317. The zero-order valence-corrected chi connectivity index (χ0v) is 10.8. The molecule has 1 aliphatic rings. The second-order valence-electron chi connectivity index (χ2n) is 4.58. The van der Waals surface area contributed by atoms with Gasteiger partial charge in [-0.25, -0.2) is 20.2 Å². The number of rotatable bonds is 3. The monoisotopic (exact) mass is 278 g/mol. The van der Waals surface area contributed by atoms with Crippen molar-refractivity contribution in [2.45, 2.75) is 18.8 Å². The molecule has 6 heteroatoms. The maximum atomic E-state index is 13.4. The Morgan fingerprint density at radius 1 is 1.21 bits per heavy atom. The number of hydrogen-bond donors (Lipinski definition) is 2. The first kappa shape index (κ1) is 12.3. The summed E-state index contributed by atoms with van der Waals surface area (Å²) in [4.78, 5) is 8.71. The molecule has 19 heavy (non-hydrogen) atoms. The zero-order valence-electron chi connectivity index (χ0n) is 10.0. The SMILES string of the molecule is NNc1cc(C2CC2)nc(-c2cc(F)cc(Cl)c2)n1. The standard InChI is InChI=1S/C13H12ClFN4/c14-9-3-8(4-10(15)5-9)13-17-11(7-1-2-7)6-12(18-13)19-16/h3-7H,1-2,16H2,(H,17,18,19). The van der Waals surface area contributed by atoms with Gasteiger partial charge in [0.25, 0.3) is 0 Å². The smallest absolute Gasteiger partial charge is 0.161 e. The molecule has 0 amide bonds. The summed E-state index contributed by atoms with van der Waals surface area (Å²) in [6, 6.07) is 6.06. The normalized spacial score (nSPS) is 14.5. The van der Waals surface area contributed by atoms with Crippen LogP contribution < -0.4 is 11.3 Å². The van der Waals surface area contributed by atoms with Gasteiger partial charge in [0.05, 0.1) is 0 Å². The van der Waals surface area contributed by atoms with Crippen LogP contribution in [0.5, 0.6) is 0 Å². The Labute approximate surface area is 114 Å². The van der Waals surface area contributed by atoms with Gasteiger partial charge < -0.3 is 5.43 Å². The number of halogens is 2. The molecular weight excluding hydrogens is 267 g/mol. The van der Waals surface area contributed by atoms with Crippen LogP contribution in [0.25, 0.3) is 11.4 Å². The minimum atomic E-state index is -0.412. The molecule has 1 heterocycles. The second-order valence-corrected chi connectivity index (χ2v) is 5.01. The van der Waals surface area contributed by atoms with Gasteiger partial charge in [0.2, 0.25) is 0 Å². The van der Waals surface area contributed by atoms with Crippen molar-refractivity contribution in [3.05, 3.63) is 40.8 Å². The van der Waals surface area contributed by atoms with Crippen LogP contribution >= 0.6 is 11.6 Å². The summed E-state index contributed by atoms with van der Waals surface area (Å²) < 4.78 is 13.4. The van der Waals surface area contributed by atoms with Crippen molar-refractivity contribution in [2.75, 3.05) is 5.43 Å². The average Bonchev–Trinajstić information content (AvgIpc) is 3.21. The third-order valence-corrected chi connectivity index (χ3v) is 3.23. The molecule has 0 saturated heterocycles. The third kappa shape index (κ3) is 2.67. The quantitative estimate of drug-likeness (QED) is 0.669. The number of anilines is 1. The topological polar surface area (TPSA) is 63.8 Å². The van der Waals surface area contributed by atoms with Crippen molar-refractivity contribution < 1.29 is 4.39 Å². The Morgan fingerprint density at radius 3 is 2.63 bits per heavy atom. The minimum absolute atomic E-state index is 0.317. The summed E-state index contributed by atoms with van der Waals surface area (Å²) in [6.07, 6.45) is 2.23. The number of benzene rings is 1. The number of nitrogens with zero attached hydrogens (tertiary/aromatic N) is 2. The number of hydrogen-bond acceptors (Lipinski definition) is 4. The number of nitrogen functional groups attached to an aromatic ring is 1. The molecule has 1 aliphatic carbocycles. The zero-order chi connectivity index (χ0) is 13.4. The Balaban J connectivity index is 2.09. The molecule has 1 aromatic carbocycles. The summed E-state index contributed by atoms with van der Waals surface area (Å²) >= 11 is 5.85. The molecule has 2 aromatic rings. The van der Waals surface area contributed by atoms with Gasteiger partial charge in [0, 0.05) is 28.3 Å². The van der Waals surface area contributed by atoms with Crippen molar-refractivity contribution in [2.24, 2.45) is 5.84 Å². The predicted molar refractivity (Wildman–Crippen MR) is 72.2 cm³/mol. The summed E-state index contributed by atoms with van der Waals surface area (Å²) in [5.74, 6) is 6.40. The van der Waals surface area contributed by atoms with E-state index in [9.17, 15) is 4.39 Å². The van der Waals surface area contributed by atoms with Crippen LogP contribution in [0.15, 0.2) is 24.3 Å². The lowest BCUT2D eigenvalue weighted by molar-refractivity contribution is 0.628. The lowest BCUT2D eigenvalue weighted by atomic mass is 10.2. The van der Waals surface area contributed by atoms with Crippen molar-refractivity contribution in [1.29, 1.82) is 0 Å². The second kappa shape index (κ2) is 4.75. The lowest BCUT2D eigenvalue weighted by Gasteiger charge is -2.07. The fraction of sp³-hybridized carbons (Fsp3) is 0.231. The molecule has 0 radical (unpaired) electrons. The van der Waals surface area contributed by atoms with Crippen LogP contribution in [0.4, 0.5) is 10.2 Å². The molecule has 1 saturated carbocycles. The van der Waals surface area contributed by atoms with Crippen LogP contribution in [0.3, 0.4) is 0 Å². The van der Waals surface area contributed by atoms with Gasteiger partial charge in [-0.15, -0.1) is 0 Å². The van der Waals surface area contributed by atoms with E-state index in [1.165, 1.54) is 12.1 Å². The van der Waals surface area contributed by atoms with Crippen LogP contribution in [0.1, 0.15) is 24.5 Å². The molecule has 4 nitrogen and oxygen atoms in total. The number of nitrogens with one attached hydrogen (secondary N) is 1. The Kier molecular flexibility index (Phi) is 3.08. The number of hydrazine groups is 1. The average molecular weight is 279 g/mol. The van der Waals surface area contributed by atoms with Crippen LogP contribution in [0.2, 0.25) is 5.02 Å². The predicted octanol–water partition coefficient (Wildman–Crippen LogP) is 3.10. The molecule has 0 atom stereocenters. The van der Waals surface area contributed by atoms with Gasteiger partial charge in [0.1, 0.15) is 11.6 Å². The molecule has 3 N–H and O–H groups in total. The molecule has 0 unspecified atom stereocenters. The van der Waals surface area contributed by atoms with Crippen molar-refractivity contribution >= 4 is 17.4 Å². The highest BCUT2D eigenvalue weighted by Crippen LogP contribution is 2.40. The first-order valence-electron chi connectivity index (χ1n) is 5.98. The van der Waals surface area contributed by atoms with E-state index in [4.69, 9.17) is 17.4 Å². The lowest BCUT2D eigenvalue weighted by Crippen LogP contribution is -2.10. The van der Waals surface area contributed by atoms with Gasteiger partial charge in [-0.2, -0.15) is 0 Å².